The lowest BCUT2D eigenvalue weighted by molar-refractivity contribution is 0.794. The van der Waals surface area contributed by atoms with Gasteiger partial charge in [0.1, 0.15) is 0 Å². The SMILES string of the molecule is O=c1c2ccccc2c2cc(-c3cccc(-c4cccc(-c5nc(-c6ccccc6)nc(-c6ccccc6)n5)c4)c3)cc3c4cc5c(cc4n1c23)C1(c2ccccc2-c2ccccc21)c1ccccc1-5. The van der Waals surface area contributed by atoms with Crippen LogP contribution in [0.2, 0.25) is 0 Å². The third kappa shape index (κ3) is 5.37. The molecular weight excluding hydrogens is 853 g/mol. The summed E-state index contributed by atoms with van der Waals surface area (Å²) in [6.07, 6.45) is 0. The summed E-state index contributed by atoms with van der Waals surface area (Å²) in [6.45, 7) is 0. The van der Waals surface area contributed by atoms with Crippen molar-refractivity contribution < 1.29 is 0 Å². The van der Waals surface area contributed by atoms with Gasteiger partial charge < -0.3 is 0 Å². The van der Waals surface area contributed by atoms with Gasteiger partial charge in [0, 0.05) is 38.2 Å². The maximum atomic E-state index is 15.0. The van der Waals surface area contributed by atoms with Crippen LogP contribution in [0.5, 0.6) is 0 Å². The summed E-state index contributed by atoms with van der Waals surface area (Å²) in [6, 6.07) is 81.5. The van der Waals surface area contributed by atoms with E-state index in [-0.39, 0.29) is 5.56 Å². The molecule has 0 saturated carbocycles. The fraction of sp³-hybridized carbons (Fsp3) is 0.0154. The molecule has 5 heteroatoms. The summed E-state index contributed by atoms with van der Waals surface area (Å²) >= 11 is 0. The third-order valence-corrected chi connectivity index (χ3v) is 15.0. The molecule has 10 aromatic carbocycles. The molecule has 0 fully saturated rings. The van der Waals surface area contributed by atoms with Gasteiger partial charge in [-0.15, -0.1) is 0 Å². The van der Waals surface area contributed by atoms with Crippen molar-refractivity contribution in [3.8, 4) is 78.7 Å². The average Bonchev–Trinajstić information content (AvgIpc) is 4.05. The van der Waals surface area contributed by atoms with E-state index in [1.165, 1.54) is 44.5 Å². The van der Waals surface area contributed by atoms with E-state index >= 15 is 4.79 Å². The van der Waals surface area contributed by atoms with Crippen LogP contribution in [0.15, 0.2) is 235 Å². The summed E-state index contributed by atoms with van der Waals surface area (Å²) in [5.74, 6) is 1.87. The Balaban J connectivity index is 0.927. The second-order valence-electron chi connectivity index (χ2n) is 18.6. The van der Waals surface area contributed by atoms with Crippen LogP contribution >= 0.6 is 0 Å². The first-order valence-electron chi connectivity index (χ1n) is 23.8. The Morgan fingerprint density at radius 3 is 1.31 bits per heavy atom. The van der Waals surface area contributed by atoms with Crippen molar-refractivity contribution >= 4 is 38.0 Å². The highest BCUT2D eigenvalue weighted by Crippen LogP contribution is 2.63. The summed E-state index contributed by atoms with van der Waals surface area (Å²) in [4.78, 5) is 30.0. The first-order chi connectivity index (χ1) is 34.6. The molecule has 15 rings (SSSR count). The Morgan fingerprint density at radius 2 is 0.729 bits per heavy atom. The van der Waals surface area contributed by atoms with E-state index in [0.29, 0.717) is 22.9 Å². The number of rotatable bonds is 5. The number of nitrogens with zero attached hydrogens (tertiary/aromatic N) is 4. The van der Waals surface area contributed by atoms with Gasteiger partial charge in [-0.05, 0) is 115 Å². The largest absolute Gasteiger partial charge is 0.275 e. The van der Waals surface area contributed by atoms with Crippen molar-refractivity contribution in [3.05, 3.63) is 263 Å². The highest BCUT2D eigenvalue weighted by Gasteiger charge is 2.51. The average molecular weight is 891 g/mol. The van der Waals surface area contributed by atoms with Gasteiger partial charge in [-0.1, -0.05) is 188 Å². The van der Waals surface area contributed by atoms with Crippen LogP contribution in [-0.4, -0.2) is 19.4 Å². The smallest absolute Gasteiger partial charge is 0.263 e. The summed E-state index contributed by atoms with van der Waals surface area (Å²) < 4.78 is 2.01. The second-order valence-corrected chi connectivity index (χ2v) is 18.6. The second kappa shape index (κ2) is 14.6. The number of pyridine rings is 1. The predicted molar refractivity (Wildman–Crippen MR) is 284 cm³/mol. The maximum absolute atomic E-state index is 15.0. The molecule has 13 aromatic rings. The van der Waals surface area contributed by atoms with E-state index in [0.717, 1.165) is 71.5 Å². The fourth-order valence-electron chi connectivity index (χ4n) is 12.0. The van der Waals surface area contributed by atoms with Crippen molar-refractivity contribution in [1.82, 2.24) is 19.4 Å². The lowest BCUT2D eigenvalue weighted by atomic mass is 9.70. The van der Waals surface area contributed by atoms with Gasteiger partial charge >= 0.3 is 0 Å². The fourth-order valence-corrected chi connectivity index (χ4v) is 12.0. The molecule has 5 nitrogen and oxygen atoms in total. The number of hydrogen-bond acceptors (Lipinski definition) is 4. The van der Waals surface area contributed by atoms with E-state index in [9.17, 15) is 0 Å². The zero-order valence-electron chi connectivity index (χ0n) is 37.6. The molecule has 1 spiro atoms. The molecule has 3 heterocycles. The minimum atomic E-state index is -0.525. The van der Waals surface area contributed by atoms with Crippen LogP contribution in [0, 0.1) is 0 Å². The van der Waals surface area contributed by atoms with Gasteiger partial charge in [0.2, 0.25) is 0 Å². The Labute approximate surface area is 402 Å². The first kappa shape index (κ1) is 38.8. The molecule has 2 aliphatic carbocycles. The molecule has 0 radical (unpaired) electrons. The number of benzene rings is 10. The number of hydrogen-bond donors (Lipinski definition) is 0. The van der Waals surface area contributed by atoms with Gasteiger partial charge in [-0.25, -0.2) is 15.0 Å². The van der Waals surface area contributed by atoms with Crippen LogP contribution in [0.3, 0.4) is 0 Å². The van der Waals surface area contributed by atoms with Gasteiger partial charge in [-0.3, -0.25) is 9.20 Å². The molecule has 0 unspecified atom stereocenters. The van der Waals surface area contributed by atoms with Crippen LogP contribution < -0.4 is 5.56 Å². The molecule has 0 bridgehead atoms. The van der Waals surface area contributed by atoms with Gasteiger partial charge in [0.25, 0.3) is 5.56 Å². The molecule has 0 amide bonds. The van der Waals surface area contributed by atoms with Gasteiger partial charge in [-0.2, -0.15) is 0 Å². The Bertz CT molecular complexity index is 4280. The van der Waals surface area contributed by atoms with Crippen molar-refractivity contribution in [2.24, 2.45) is 0 Å². The van der Waals surface area contributed by atoms with E-state index in [1.54, 1.807) is 0 Å². The minimum Gasteiger partial charge on any atom is -0.275 e. The number of fused-ring (bicyclic) bond motifs is 15. The van der Waals surface area contributed by atoms with Crippen molar-refractivity contribution in [2.45, 2.75) is 5.41 Å². The topological polar surface area (TPSA) is 60.2 Å². The van der Waals surface area contributed by atoms with Crippen molar-refractivity contribution in [2.75, 3.05) is 0 Å². The highest BCUT2D eigenvalue weighted by atomic mass is 16.1. The zero-order chi connectivity index (χ0) is 46.1. The van der Waals surface area contributed by atoms with Crippen molar-refractivity contribution in [1.29, 1.82) is 0 Å². The van der Waals surface area contributed by atoms with Gasteiger partial charge in [0.05, 0.1) is 16.4 Å². The van der Waals surface area contributed by atoms with Gasteiger partial charge in [0.15, 0.2) is 17.5 Å². The third-order valence-electron chi connectivity index (χ3n) is 15.0. The first-order valence-corrected chi connectivity index (χ1v) is 23.8. The molecule has 3 aromatic heterocycles. The molecule has 0 atom stereocenters. The normalized spacial score (nSPS) is 13.0. The summed E-state index contributed by atoms with van der Waals surface area (Å²) in [5.41, 5.74) is 18.4. The van der Waals surface area contributed by atoms with Crippen molar-refractivity contribution in [3.63, 3.8) is 0 Å². The van der Waals surface area contributed by atoms with Crippen LogP contribution in [0.25, 0.3) is 117 Å². The van der Waals surface area contributed by atoms with E-state index < -0.39 is 5.41 Å². The van der Waals surface area contributed by atoms with E-state index in [1.807, 2.05) is 83.3 Å². The minimum absolute atomic E-state index is 0.000539. The van der Waals surface area contributed by atoms with E-state index in [2.05, 4.69) is 152 Å². The molecule has 0 N–H and O–H groups in total. The lowest BCUT2D eigenvalue weighted by Crippen LogP contribution is -2.26. The lowest BCUT2D eigenvalue weighted by Gasteiger charge is -2.30. The maximum Gasteiger partial charge on any atom is 0.263 e. The monoisotopic (exact) mass is 890 g/mol. The van der Waals surface area contributed by atoms with Crippen LogP contribution in [0.4, 0.5) is 0 Å². The molecule has 2 aliphatic rings. The number of aromatic nitrogens is 4. The summed E-state index contributed by atoms with van der Waals surface area (Å²) in [7, 11) is 0. The Hall–Kier alpha value is -9.32. The standard InChI is InChI=1S/C65H38N4O/c70-64-50-29-8-7-25-46(50)53-35-45(43-23-15-21-41(33-43)42-22-16-24-44(34-42)63-67-61(39-17-3-1-4-18-39)66-62(68-63)40-19-5-2-6-20-40)36-54-52-37-51-49-28-11-14-32-57(49)65(58(51)38-59(52)69(64)60(53)54)55-30-12-9-26-47(55)48-27-10-13-31-56(48)65/h1-38H. The Morgan fingerprint density at radius 1 is 0.300 bits per heavy atom. The quantitative estimate of drug-likeness (QED) is 0.162. The highest BCUT2D eigenvalue weighted by molar-refractivity contribution is 6.22. The molecule has 0 saturated heterocycles. The van der Waals surface area contributed by atoms with E-state index in [4.69, 9.17) is 15.0 Å². The summed E-state index contributed by atoms with van der Waals surface area (Å²) in [5, 5.41) is 4.83. The molecular formula is C65H38N4O. The zero-order valence-corrected chi connectivity index (χ0v) is 37.6. The predicted octanol–water partition coefficient (Wildman–Crippen LogP) is 15.1. The Kier molecular flexibility index (Phi) is 8.08. The van der Waals surface area contributed by atoms with Crippen LogP contribution in [0.1, 0.15) is 22.3 Å². The molecule has 0 aliphatic heterocycles. The molecule has 324 valence electrons. The molecule has 70 heavy (non-hydrogen) atoms. The van der Waals surface area contributed by atoms with Crippen LogP contribution in [-0.2, 0) is 5.41 Å².